The van der Waals surface area contributed by atoms with E-state index in [-0.39, 0.29) is 11.9 Å². The molecule has 0 aliphatic carbocycles. The summed E-state index contributed by atoms with van der Waals surface area (Å²) >= 11 is 5.90. The number of rotatable bonds is 5. The van der Waals surface area contributed by atoms with Gasteiger partial charge < -0.3 is 9.84 Å². The van der Waals surface area contributed by atoms with Crippen molar-refractivity contribution in [2.75, 3.05) is 6.54 Å². The Labute approximate surface area is 153 Å². The summed E-state index contributed by atoms with van der Waals surface area (Å²) in [4.78, 5) is 1.99. The molecule has 2 atom stereocenters. The van der Waals surface area contributed by atoms with Crippen molar-refractivity contribution in [1.82, 2.24) is 4.90 Å². The van der Waals surface area contributed by atoms with E-state index in [1.165, 1.54) is 6.07 Å². The highest BCUT2D eigenvalue weighted by molar-refractivity contribution is 6.30. The van der Waals surface area contributed by atoms with Gasteiger partial charge in [0, 0.05) is 17.6 Å². The Kier molecular flexibility index (Phi) is 5.32. The number of likely N-dealkylation sites (tertiary alicyclic amines) is 1. The van der Waals surface area contributed by atoms with Crippen molar-refractivity contribution in [1.29, 1.82) is 0 Å². The van der Waals surface area contributed by atoms with E-state index >= 15 is 0 Å². The molecular weight excluding hydrogens is 341 g/mol. The molecule has 0 bridgehead atoms. The van der Waals surface area contributed by atoms with Crippen LogP contribution in [-0.4, -0.2) is 28.4 Å². The van der Waals surface area contributed by atoms with Crippen LogP contribution in [0.3, 0.4) is 0 Å². The zero-order valence-electron chi connectivity index (χ0n) is 14.5. The number of aliphatic hydroxyl groups excluding tert-OH is 1. The first-order valence-corrected chi connectivity index (χ1v) is 8.88. The third-order valence-electron chi connectivity index (χ3n) is 4.66. The Hall–Kier alpha value is -1.62. The molecule has 0 saturated carbocycles. The standard InChI is InChI=1S/C20H23ClFNO2/c1-20(2,25-17-10-8-15(21)9-11-17)19(24)23-12-4-7-18(23)14-5-3-6-16(22)13-14/h3,5-6,8-11,13,18-19,24H,4,7,12H2,1-2H3. The Balaban J connectivity index is 1.77. The summed E-state index contributed by atoms with van der Waals surface area (Å²) in [6.45, 7) is 4.45. The number of halogens is 2. The topological polar surface area (TPSA) is 32.7 Å². The van der Waals surface area contributed by atoms with Crippen LogP contribution in [0.2, 0.25) is 5.02 Å². The SMILES string of the molecule is CC(C)(Oc1ccc(Cl)cc1)C(O)N1CCCC1c1cccc(F)c1. The lowest BCUT2D eigenvalue weighted by molar-refractivity contribution is -0.123. The van der Waals surface area contributed by atoms with Gasteiger partial charge in [-0.15, -0.1) is 0 Å². The molecule has 1 N–H and O–H groups in total. The molecule has 1 heterocycles. The highest BCUT2D eigenvalue weighted by atomic mass is 35.5. The molecule has 0 spiro atoms. The summed E-state index contributed by atoms with van der Waals surface area (Å²) in [6.07, 6.45) is 1.02. The number of hydrogen-bond donors (Lipinski definition) is 1. The summed E-state index contributed by atoms with van der Waals surface area (Å²) in [7, 11) is 0. The molecule has 3 rings (SSSR count). The fraction of sp³-hybridized carbons (Fsp3) is 0.400. The van der Waals surface area contributed by atoms with Crippen molar-refractivity contribution >= 4 is 11.6 Å². The van der Waals surface area contributed by atoms with E-state index in [0.29, 0.717) is 10.8 Å². The van der Waals surface area contributed by atoms with Crippen LogP contribution >= 0.6 is 11.6 Å². The quantitative estimate of drug-likeness (QED) is 0.828. The van der Waals surface area contributed by atoms with Crippen LogP contribution in [0.15, 0.2) is 48.5 Å². The summed E-state index contributed by atoms with van der Waals surface area (Å²) in [6, 6.07) is 13.7. The monoisotopic (exact) mass is 363 g/mol. The minimum absolute atomic E-state index is 0.0150. The molecule has 134 valence electrons. The lowest BCUT2D eigenvalue weighted by Crippen LogP contribution is -2.52. The maximum Gasteiger partial charge on any atom is 0.147 e. The fourth-order valence-electron chi connectivity index (χ4n) is 3.41. The third kappa shape index (κ3) is 4.14. The average molecular weight is 364 g/mol. The lowest BCUT2D eigenvalue weighted by Gasteiger charge is -2.39. The molecule has 5 heteroatoms. The second kappa shape index (κ2) is 7.32. The Morgan fingerprint density at radius 3 is 2.64 bits per heavy atom. The number of aliphatic hydroxyl groups is 1. The van der Waals surface area contributed by atoms with Gasteiger partial charge in [-0.2, -0.15) is 0 Å². The molecule has 1 fully saturated rings. The van der Waals surface area contributed by atoms with Gasteiger partial charge in [0.2, 0.25) is 0 Å². The molecule has 1 aliphatic heterocycles. The van der Waals surface area contributed by atoms with Crippen LogP contribution in [0.1, 0.15) is 38.3 Å². The van der Waals surface area contributed by atoms with Crippen LogP contribution in [-0.2, 0) is 0 Å². The summed E-state index contributed by atoms with van der Waals surface area (Å²) in [5.41, 5.74) is 0.0582. The lowest BCUT2D eigenvalue weighted by atomic mass is 10.0. The Bertz CT molecular complexity index is 720. The van der Waals surface area contributed by atoms with Crippen molar-refractivity contribution in [2.45, 2.75) is 44.6 Å². The van der Waals surface area contributed by atoms with Gasteiger partial charge >= 0.3 is 0 Å². The number of benzene rings is 2. The summed E-state index contributed by atoms with van der Waals surface area (Å²) in [5.74, 6) is 0.394. The third-order valence-corrected chi connectivity index (χ3v) is 4.91. The maximum atomic E-state index is 13.6. The highest BCUT2D eigenvalue weighted by Gasteiger charge is 2.40. The van der Waals surface area contributed by atoms with Crippen molar-refractivity contribution < 1.29 is 14.2 Å². The van der Waals surface area contributed by atoms with Crippen LogP contribution < -0.4 is 4.74 Å². The molecule has 0 aromatic heterocycles. The van der Waals surface area contributed by atoms with E-state index in [4.69, 9.17) is 16.3 Å². The van der Waals surface area contributed by atoms with Gasteiger partial charge in [-0.25, -0.2) is 4.39 Å². The van der Waals surface area contributed by atoms with Gasteiger partial charge in [0.15, 0.2) is 0 Å². The second-order valence-corrected chi connectivity index (χ2v) is 7.42. The zero-order valence-corrected chi connectivity index (χ0v) is 15.2. The number of ether oxygens (including phenoxy) is 1. The van der Waals surface area contributed by atoms with Gasteiger partial charge in [-0.3, -0.25) is 4.90 Å². The van der Waals surface area contributed by atoms with E-state index < -0.39 is 11.8 Å². The Morgan fingerprint density at radius 2 is 1.96 bits per heavy atom. The Morgan fingerprint density at radius 1 is 1.24 bits per heavy atom. The van der Waals surface area contributed by atoms with Crippen molar-refractivity contribution in [3.8, 4) is 5.75 Å². The predicted octanol–water partition coefficient (Wildman–Crippen LogP) is 4.79. The van der Waals surface area contributed by atoms with Crippen LogP contribution in [0.5, 0.6) is 5.75 Å². The molecule has 2 aromatic rings. The van der Waals surface area contributed by atoms with Crippen molar-refractivity contribution in [3.05, 3.63) is 64.9 Å². The van der Waals surface area contributed by atoms with Crippen LogP contribution in [0.25, 0.3) is 0 Å². The minimum atomic E-state index is -0.830. The van der Waals surface area contributed by atoms with E-state index in [1.54, 1.807) is 36.4 Å². The van der Waals surface area contributed by atoms with Gasteiger partial charge in [-0.05, 0) is 68.7 Å². The largest absolute Gasteiger partial charge is 0.484 e. The predicted molar refractivity (Wildman–Crippen MR) is 97.2 cm³/mol. The average Bonchev–Trinajstić information content (AvgIpc) is 3.05. The molecule has 2 unspecified atom stereocenters. The fourth-order valence-corrected chi connectivity index (χ4v) is 3.54. The van der Waals surface area contributed by atoms with Crippen LogP contribution in [0.4, 0.5) is 4.39 Å². The summed E-state index contributed by atoms with van der Waals surface area (Å²) < 4.78 is 19.6. The number of nitrogens with zero attached hydrogens (tertiary/aromatic N) is 1. The van der Waals surface area contributed by atoms with E-state index in [9.17, 15) is 9.50 Å². The molecule has 25 heavy (non-hydrogen) atoms. The first-order chi connectivity index (χ1) is 11.9. The van der Waals surface area contributed by atoms with Crippen molar-refractivity contribution in [2.24, 2.45) is 0 Å². The van der Waals surface area contributed by atoms with Gasteiger partial charge in [0.25, 0.3) is 0 Å². The molecule has 1 aliphatic rings. The van der Waals surface area contributed by atoms with Crippen molar-refractivity contribution in [3.63, 3.8) is 0 Å². The van der Waals surface area contributed by atoms with E-state index in [0.717, 1.165) is 24.9 Å². The van der Waals surface area contributed by atoms with E-state index in [1.807, 2.05) is 24.8 Å². The first kappa shape index (κ1) is 18.2. The van der Waals surface area contributed by atoms with E-state index in [2.05, 4.69) is 0 Å². The van der Waals surface area contributed by atoms with Gasteiger partial charge in [-0.1, -0.05) is 23.7 Å². The molecule has 0 radical (unpaired) electrons. The molecular formula is C20H23ClFNO2. The normalized spacial score (nSPS) is 19.8. The second-order valence-electron chi connectivity index (χ2n) is 6.98. The van der Waals surface area contributed by atoms with Crippen LogP contribution in [0, 0.1) is 5.82 Å². The summed E-state index contributed by atoms with van der Waals surface area (Å²) in [5, 5.41) is 11.6. The van der Waals surface area contributed by atoms with Gasteiger partial charge in [0.05, 0.1) is 0 Å². The first-order valence-electron chi connectivity index (χ1n) is 8.51. The molecule has 1 saturated heterocycles. The smallest absolute Gasteiger partial charge is 0.147 e. The molecule has 3 nitrogen and oxygen atoms in total. The maximum absolute atomic E-state index is 13.6. The highest BCUT2D eigenvalue weighted by Crippen LogP contribution is 2.36. The molecule has 0 amide bonds. The van der Waals surface area contributed by atoms with Gasteiger partial charge in [0.1, 0.15) is 23.4 Å². The molecule has 2 aromatic carbocycles. The number of hydrogen-bond acceptors (Lipinski definition) is 3. The zero-order chi connectivity index (χ0) is 18.0. The minimum Gasteiger partial charge on any atom is -0.484 e.